The van der Waals surface area contributed by atoms with Gasteiger partial charge in [-0.2, -0.15) is 0 Å². The Morgan fingerprint density at radius 3 is 2.17 bits per heavy atom. The van der Waals surface area contributed by atoms with Crippen molar-refractivity contribution in [1.29, 1.82) is 0 Å². The van der Waals surface area contributed by atoms with E-state index in [9.17, 15) is 14.4 Å². The molecule has 0 spiro atoms. The maximum Gasteiger partial charge on any atom is 0.319 e. The van der Waals surface area contributed by atoms with Crippen molar-refractivity contribution in [2.75, 3.05) is 37.9 Å². The first-order valence-electron chi connectivity index (χ1n) is 8.85. The van der Waals surface area contributed by atoms with E-state index in [0.29, 0.717) is 28.4 Å². The molecule has 29 heavy (non-hydrogen) atoms. The van der Waals surface area contributed by atoms with Gasteiger partial charge in [-0.3, -0.25) is 9.59 Å². The number of anilines is 2. The van der Waals surface area contributed by atoms with Gasteiger partial charge < -0.3 is 30.7 Å². The van der Waals surface area contributed by atoms with Crippen LogP contribution in [0.5, 0.6) is 11.5 Å². The molecule has 4 N–H and O–H groups in total. The molecule has 0 aromatic heterocycles. The Labute approximate surface area is 168 Å². The highest BCUT2D eigenvalue weighted by atomic mass is 16.5. The number of amides is 4. The molecule has 0 fully saturated rings. The number of carbonyl (C=O) groups excluding carboxylic acids is 3. The van der Waals surface area contributed by atoms with E-state index in [1.165, 1.54) is 14.0 Å². The highest BCUT2D eigenvalue weighted by Crippen LogP contribution is 2.28. The van der Waals surface area contributed by atoms with Crippen LogP contribution in [0.15, 0.2) is 42.5 Å². The second-order valence-electron chi connectivity index (χ2n) is 5.96. The van der Waals surface area contributed by atoms with E-state index in [1.807, 2.05) is 0 Å². The predicted octanol–water partition coefficient (Wildman–Crippen LogP) is 2.21. The van der Waals surface area contributed by atoms with Crippen molar-refractivity contribution in [2.24, 2.45) is 0 Å². The van der Waals surface area contributed by atoms with Crippen LogP contribution in [0.2, 0.25) is 0 Å². The SMILES string of the molecule is COc1ccc(NC(=O)NCCNC(=O)c2ccc(NC(C)=O)cc2)c(OC)c1. The van der Waals surface area contributed by atoms with E-state index in [2.05, 4.69) is 21.3 Å². The molecule has 0 heterocycles. The molecule has 2 rings (SSSR count). The van der Waals surface area contributed by atoms with E-state index in [1.54, 1.807) is 49.6 Å². The van der Waals surface area contributed by atoms with Gasteiger partial charge in [-0.25, -0.2) is 4.79 Å². The quantitative estimate of drug-likeness (QED) is 0.507. The van der Waals surface area contributed by atoms with Gasteiger partial charge in [0.15, 0.2) is 0 Å². The Balaban J connectivity index is 1.76. The molecule has 154 valence electrons. The standard InChI is InChI=1S/C20H24N4O5/c1-13(25)23-15-6-4-14(5-7-15)19(26)21-10-11-22-20(27)24-17-9-8-16(28-2)12-18(17)29-3/h4-9,12H,10-11H2,1-3H3,(H,21,26)(H,23,25)(H2,22,24,27). The van der Waals surface area contributed by atoms with Crippen LogP contribution in [-0.4, -0.2) is 45.2 Å². The number of rotatable bonds is 8. The molecule has 0 saturated heterocycles. The molecular weight excluding hydrogens is 376 g/mol. The monoisotopic (exact) mass is 400 g/mol. The molecule has 0 aliphatic carbocycles. The molecule has 0 aliphatic rings. The third-order valence-electron chi connectivity index (χ3n) is 3.82. The van der Waals surface area contributed by atoms with Crippen LogP contribution < -0.4 is 30.7 Å². The molecule has 0 aliphatic heterocycles. The van der Waals surface area contributed by atoms with Crippen molar-refractivity contribution < 1.29 is 23.9 Å². The maximum atomic E-state index is 12.1. The van der Waals surface area contributed by atoms with Gasteiger partial charge in [-0.05, 0) is 36.4 Å². The minimum Gasteiger partial charge on any atom is -0.497 e. The summed E-state index contributed by atoms with van der Waals surface area (Å²) in [7, 11) is 3.04. The highest BCUT2D eigenvalue weighted by Gasteiger charge is 2.09. The maximum absolute atomic E-state index is 12.1. The third kappa shape index (κ3) is 6.73. The first-order valence-corrected chi connectivity index (χ1v) is 8.85. The van der Waals surface area contributed by atoms with Crippen LogP contribution in [0, 0.1) is 0 Å². The zero-order valence-electron chi connectivity index (χ0n) is 16.5. The number of ether oxygens (including phenoxy) is 2. The molecule has 0 bridgehead atoms. The van der Waals surface area contributed by atoms with Crippen molar-refractivity contribution in [3.05, 3.63) is 48.0 Å². The average molecular weight is 400 g/mol. The number of nitrogens with one attached hydrogen (secondary N) is 4. The zero-order valence-corrected chi connectivity index (χ0v) is 16.5. The lowest BCUT2D eigenvalue weighted by Gasteiger charge is -2.12. The zero-order chi connectivity index (χ0) is 21.2. The lowest BCUT2D eigenvalue weighted by molar-refractivity contribution is -0.114. The predicted molar refractivity (Wildman–Crippen MR) is 110 cm³/mol. The summed E-state index contributed by atoms with van der Waals surface area (Å²) in [6.45, 7) is 1.90. The molecule has 2 aromatic carbocycles. The summed E-state index contributed by atoms with van der Waals surface area (Å²) in [5.41, 5.74) is 1.56. The van der Waals surface area contributed by atoms with Crippen molar-refractivity contribution in [3.63, 3.8) is 0 Å². The summed E-state index contributed by atoms with van der Waals surface area (Å²) in [6, 6.07) is 11.1. The number of hydrogen-bond acceptors (Lipinski definition) is 5. The van der Waals surface area contributed by atoms with Gasteiger partial charge in [0.1, 0.15) is 11.5 Å². The van der Waals surface area contributed by atoms with Crippen LogP contribution in [0.4, 0.5) is 16.2 Å². The second-order valence-corrected chi connectivity index (χ2v) is 5.96. The van der Waals surface area contributed by atoms with Crippen molar-refractivity contribution in [3.8, 4) is 11.5 Å². The molecule has 9 heteroatoms. The van der Waals surface area contributed by atoms with Gasteiger partial charge in [-0.1, -0.05) is 0 Å². The molecule has 0 saturated carbocycles. The van der Waals surface area contributed by atoms with Gasteiger partial charge >= 0.3 is 6.03 Å². The van der Waals surface area contributed by atoms with Gasteiger partial charge in [-0.15, -0.1) is 0 Å². The Morgan fingerprint density at radius 2 is 1.55 bits per heavy atom. The van der Waals surface area contributed by atoms with Crippen LogP contribution in [-0.2, 0) is 4.79 Å². The minimum atomic E-state index is -0.428. The lowest BCUT2D eigenvalue weighted by Crippen LogP contribution is -2.36. The number of methoxy groups -OCH3 is 2. The molecule has 0 unspecified atom stereocenters. The minimum absolute atomic E-state index is 0.182. The van der Waals surface area contributed by atoms with Gasteiger partial charge in [0, 0.05) is 37.3 Å². The van der Waals surface area contributed by atoms with Crippen LogP contribution in [0.1, 0.15) is 17.3 Å². The molecular formula is C20H24N4O5. The normalized spacial score (nSPS) is 9.90. The summed E-state index contributed by atoms with van der Waals surface area (Å²) in [6.07, 6.45) is 0. The lowest BCUT2D eigenvalue weighted by atomic mass is 10.2. The number of hydrogen-bond donors (Lipinski definition) is 4. The summed E-state index contributed by atoms with van der Waals surface area (Å²) in [4.78, 5) is 35.1. The molecule has 0 radical (unpaired) electrons. The van der Waals surface area contributed by atoms with E-state index in [0.717, 1.165) is 0 Å². The highest BCUT2D eigenvalue weighted by molar-refractivity contribution is 5.95. The molecule has 4 amide bonds. The van der Waals surface area contributed by atoms with Crippen molar-refractivity contribution in [2.45, 2.75) is 6.92 Å². The third-order valence-corrected chi connectivity index (χ3v) is 3.82. The Bertz CT molecular complexity index is 868. The largest absolute Gasteiger partial charge is 0.497 e. The first-order chi connectivity index (χ1) is 13.9. The van der Waals surface area contributed by atoms with Gasteiger partial charge in [0.25, 0.3) is 5.91 Å². The summed E-state index contributed by atoms with van der Waals surface area (Å²) in [5.74, 6) is 0.619. The summed E-state index contributed by atoms with van der Waals surface area (Å²) in [5, 5.41) is 10.7. The van der Waals surface area contributed by atoms with Crippen LogP contribution in [0.3, 0.4) is 0 Å². The van der Waals surface area contributed by atoms with Gasteiger partial charge in [0.05, 0.1) is 19.9 Å². The van der Waals surface area contributed by atoms with Crippen LogP contribution in [0.25, 0.3) is 0 Å². The Kier molecular flexibility index (Phi) is 7.84. The fourth-order valence-electron chi connectivity index (χ4n) is 2.43. The topological polar surface area (TPSA) is 118 Å². The Morgan fingerprint density at radius 1 is 0.862 bits per heavy atom. The fraction of sp³-hybridized carbons (Fsp3) is 0.250. The molecule has 0 atom stereocenters. The van der Waals surface area contributed by atoms with E-state index >= 15 is 0 Å². The smallest absolute Gasteiger partial charge is 0.319 e. The summed E-state index contributed by atoms with van der Waals surface area (Å²) < 4.78 is 10.3. The molecule has 2 aromatic rings. The fourth-order valence-corrected chi connectivity index (χ4v) is 2.43. The number of carbonyl (C=O) groups is 3. The number of benzene rings is 2. The molecule has 9 nitrogen and oxygen atoms in total. The van der Waals surface area contributed by atoms with E-state index in [-0.39, 0.29) is 24.9 Å². The second kappa shape index (κ2) is 10.5. The average Bonchev–Trinajstić information content (AvgIpc) is 2.71. The van der Waals surface area contributed by atoms with Crippen LogP contribution >= 0.6 is 0 Å². The Hall–Kier alpha value is -3.75. The van der Waals surface area contributed by atoms with E-state index < -0.39 is 6.03 Å². The number of urea groups is 1. The van der Waals surface area contributed by atoms with E-state index in [4.69, 9.17) is 9.47 Å². The van der Waals surface area contributed by atoms with Gasteiger partial charge in [0.2, 0.25) is 5.91 Å². The van der Waals surface area contributed by atoms with Crippen molar-refractivity contribution >= 4 is 29.2 Å². The first kappa shape index (κ1) is 21.5. The summed E-state index contributed by atoms with van der Waals surface area (Å²) >= 11 is 0. The van der Waals surface area contributed by atoms with Crippen molar-refractivity contribution in [1.82, 2.24) is 10.6 Å².